The van der Waals surface area contributed by atoms with Gasteiger partial charge in [-0.3, -0.25) is 4.79 Å². The van der Waals surface area contributed by atoms with E-state index in [1.807, 2.05) is 27.2 Å². The second-order valence-corrected chi connectivity index (χ2v) is 7.05. The number of carbonyl (C=O) groups excluding carboxylic acids is 1. The lowest BCUT2D eigenvalue weighted by atomic mass is 10.1. The molecule has 0 aliphatic heterocycles. The van der Waals surface area contributed by atoms with E-state index in [4.69, 9.17) is 4.74 Å². The zero-order valence-corrected chi connectivity index (χ0v) is 16.3. The van der Waals surface area contributed by atoms with Crippen molar-refractivity contribution in [1.82, 2.24) is 0 Å². The molecule has 1 unspecified atom stereocenters. The quantitative estimate of drug-likeness (QED) is 0.222. The maximum atomic E-state index is 11.9. The van der Waals surface area contributed by atoms with E-state index in [-0.39, 0.29) is 18.4 Å². The molecule has 0 aromatic heterocycles. The molecule has 0 heterocycles. The highest BCUT2D eigenvalue weighted by Gasteiger charge is 2.37. The fraction of sp³-hybridized carbons (Fsp3) is 0.778. The van der Waals surface area contributed by atoms with Crippen LogP contribution in [0, 0.1) is 0 Å². The maximum absolute atomic E-state index is 11.9. The maximum Gasteiger partial charge on any atom is 0.351 e. The number of quaternary nitrogens is 1. The first-order valence-corrected chi connectivity index (χ1v) is 8.54. The molecule has 0 saturated heterocycles. The highest BCUT2D eigenvalue weighted by molar-refractivity contribution is 5.78. The van der Waals surface area contributed by atoms with Crippen molar-refractivity contribution in [1.29, 1.82) is 0 Å². The molecule has 142 valence electrons. The van der Waals surface area contributed by atoms with Crippen LogP contribution in [0.4, 0.5) is 0 Å². The summed E-state index contributed by atoms with van der Waals surface area (Å²) in [5.41, 5.74) is 0. The molecule has 0 aromatic carbocycles. The van der Waals surface area contributed by atoms with Crippen LogP contribution in [0.5, 0.6) is 0 Å². The minimum absolute atomic E-state index is 0. The van der Waals surface area contributed by atoms with Gasteiger partial charge in [0.05, 0.1) is 21.1 Å². The number of aliphatic carboxylic acids is 1. The Balaban J connectivity index is 0. The number of nitrogens with zero attached hydrogens (tertiary/aromatic N) is 1. The van der Waals surface area contributed by atoms with Crippen molar-refractivity contribution in [2.24, 2.45) is 0 Å². The van der Waals surface area contributed by atoms with Gasteiger partial charge in [0.2, 0.25) is 6.10 Å². The number of carboxylic acid groups (broad SMARTS) is 1. The summed E-state index contributed by atoms with van der Waals surface area (Å²) in [7, 11) is 5.67. The van der Waals surface area contributed by atoms with E-state index < -0.39 is 18.0 Å². The molecule has 0 spiro atoms. The first kappa shape index (κ1) is 25.2. The Morgan fingerprint density at radius 2 is 1.58 bits per heavy atom. The van der Waals surface area contributed by atoms with Gasteiger partial charge in [0.1, 0.15) is 6.04 Å². The van der Waals surface area contributed by atoms with E-state index in [1.54, 1.807) is 6.92 Å². The number of likely N-dealkylation sites (N-methyl/N-ethyl adjacent to an activating group) is 1. The van der Waals surface area contributed by atoms with Crippen LogP contribution in [0.15, 0.2) is 12.7 Å². The Hall–Kier alpha value is -1.07. The van der Waals surface area contributed by atoms with Crippen LogP contribution in [0.2, 0.25) is 0 Å². The third-order valence-electron chi connectivity index (χ3n) is 4.20. The minimum atomic E-state index is -1.10. The molecule has 6 heteroatoms. The predicted octanol–water partition coefficient (Wildman–Crippen LogP) is 0.388. The average molecular weight is 364 g/mol. The Morgan fingerprint density at radius 1 is 1.08 bits per heavy atom. The molecule has 0 fully saturated rings. The SMILES string of the molecule is C=CCCCCCCCCC(=O)O[C@@H](C(=O)O)C(C)[N+](C)(C)C.[Cl-]. The standard InChI is InChI=1S/C18H33NO4.ClH/c1-6-7-8-9-10-11-12-13-14-16(20)23-17(18(21)22)15(2)19(3,4)5;/h6,15,17H,1,7-14H2,2-5H3;1H/t15?,17-;/m1./s1. The smallest absolute Gasteiger partial charge is 0.351 e. The Bertz CT molecular complexity index is 380. The number of carbonyl (C=O) groups is 2. The molecule has 0 aliphatic carbocycles. The predicted molar refractivity (Wildman–Crippen MR) is 92.1 cm³/mol. The summed E-state index contributed by atoms with van der Waals surface area (Å²) in [6.45, 7) is 5.48. The van der Waals surface area contributed by atoms with Crippen LogP contribution in [0.1, 0.15) is 58.3 Å². The first-order chi connectivity index (χ1) is 10.7. The molecule has 0 bridgehead atoms. The zero-order valence-electron chi connectivity index (χ0n) is 15.6. The lowest BCUT2D eigenvalue weighted by Crippen LogP contribution is -3.00. The van der Waals surface area contributed by atoms with E-state index >= 15 is 0 Å². The molecule has 0 aromatic rings. The van der Waals surface area contributed by atoms with E-state index in [0.717, 1.165) is 25.7 Å². The summed E-state index contributed by atoms with van der Waals surface area (Å²) in [6, 6.07) is -0.304. The van der Waals surface area contributed by atoms with E-state index in [0.29, 0.717) is 10.9 Å². The monoisotopic (exact) mass is 363 g/mol. The highest BCUT2D eigenvalue weighted by atomic mass is 35.5. The topological polar surface area (TPSA) is 63.6 Å². The van der Waals surface area contributed by atoms with E-state index in [9.17, 15) is 14.7 Å². The minimum Gasteiger partial charge on any atom is -1.00 e. The number of esters is 1. The summed E-state index contributed by atoms with van der Waals surface area (Å²) in [4.78, 5) is 23.2. The van der Waals surface area contributed by atoms with Gasteiger partial charge in [0.25, 0.3) is 0 Å². The number of carboxylic acids is 1. The lowest BCUT2D eigenvalue weighted by molar-refractivity contribution is -0.896. The van der Waals surface area contributed by atoms with Gasteiger partial charge in [-0.2, -0.15) is 0 Å². The van der Waals surface area contributed by atoms with Gasteiger partial charge < -0.3 is 26.7 Å². The number of halogens is 1. The first-order valence-electron chi connectivity index (χ1n) is 8.54. The highest BCUT2D eigenvalue weighted by Crippen LogP contribution is 2.14. The fourth-order valence-electron chi connectivity index (χ4n) is 2.23. The van der Waals surface area contributed by atoms with Gasteiger partial charge in [-0.1, -0.05) is 31.8 Å². The number of unbranched alkanes of at least 4 members (excludes halogenated alkanes) is 6. The molecule has 1 N–H and O–H groups in total. The van der Waals surface area contributed by atoms with Gasteiger partial charge in [-0.05, 0) is 26.2 Å². The van der Waals surface area contributed by atoms with Gasteiger partial charge in [0, 0.05) is 6.42 Å². The number of hydrogen-bond donors (Lipinski definition) is 1. The van der Waals surface area contributed by atoms with Gasteiger partial charge in [-0.25, -0.2) is 4.79 Å². The van der Waals surface area contributed by atoms with Crippen molar-refractivity contribution in [3.63, 3.8) is 0 Å². The van der Waals surface area contributed by atoms with Crippen molar-refractivity contribution >= 4 is 11.9 Å². The van der Waals surface area contributed by atoms with Crippen molar-refractivity contribution < 1.29 is 36.3 Å². The van der Waals surface area contributed by atoms with Crippen molar-refractivity contribution in [3.05, 3.63) is 12.7 Å². The normalized spacial score (nSPS) is 13.5. The average Bonchev–Trinajstić information content (AvgIpc) is 2.45. The molecule has 24 heavy (non-hydrogen) atoms. The summed E-state index contributed by atoms with van der Waals surface area (Å²) < 4.78 is 5.62. The van der Waals surface area contributed by atoms with Gasteiger partial charge in [0.15, 0.2) is 0 Å². The molecule has 0 saturated carbocycles. The largest absolute Gasteiger partial charge is 1.00 e. The van der Waals surface area contributed by atoms with Crippen LogP contribution in [-0.2, 0) is 14.3 Å². The van der Waals surface area contributed by atoms with Crippen molar-refractivity contribution in [2.75, 3.05) is 21.1 Å². The fourth-order valence-corrected chi connectivity index (χ4v) is 2.23. The third kappa shape index (κ3) is 11.5. The van der Waals surface area contributed by atoms with Crippen molar-refractivity contribution in [2.45, 2.75) is 70.4 Å². The van der Waals surface area contributed by atoms with Crippen LogP contribution in [-0.4, -0.2) is 54.8 Å². The number of hydrogen-bond acceptors (Lipinski definition) is 3. The molecule has 0 amide bonds. The Morgan fingerprint density at radius 3 is 2.04 bits per heavy atom. The Kier molecular flexibility index (Phi) is 13.9. The molecule has 0 rings (SSSR count). The summed E-state index contributed by atoms with van der Waals surface area (Å²) >= 11 is 0. The van der Waals surface area contributed by atoms with Crippen LogP contribution in [0.25, 0.3) is 0 Å². The molecular formula is C18H34ClNO4. The van der Waals surface area contributed by atoms with Crippen molar-refractivity contribution in [3.8, 4) is 0 Å². The number of rotatable bonds is 13. The zero-order chi connectivity index (χ0) is 17.9. The summed E-state index contributed by atoms with van der Waals surface area (Å²) in [6.07, 6.45) is 8.56. The van der Waals surface area contributed by atoms with Crippen LogP contribution in [0.3, 0.4) is 0 Å². The second kappa shape index (κ2) is 13.2. The Labute approximate surface area is 153 Å². The van der Waals surface area contributed by atoms with Gasteiger partial charge >= 0.3 is 11.9 Å². The van der Waals surface area contributed by atoms with Crippen LogP contribution < -0.4 is 12.4 Å². The molecule has 0 aliphatic rings. The second-order valence-electron chi connectivity index (χ2n) is 7.05. The lowest BCUT2D eigenvalue weighted by Gasteiger charge is -2.34. The number of allylic oxidation sites excluding steroid dienone is 1. The third-order valence-corrected chi connectivity index (χ3v) is 4.20. The summed E-state index contributed by atoms with van der Waals surface area (Å²) in [5.74, 6) is -1.49. The van der Waals surface area contributed by atoms with E-state index in [1.165, 1.54) is 19.3 Å². The molecular weight excluding hydrogens is 330 g/mol. The molecule has 5 nitrogen and oxygen atoms in total. The molecule has 2 atom stereocenters. The molecule has 0 radical (unpaired) electrons. The van der Waals surface area contributed by atoms with Crippen LogP contribution >= 0.6 is 0 Å². The van der Waals surface area contributed by atoms with E-state index in [2.05, 4.69) is 6.58 Å². The van der Waals surface area contributed by atoms with Gasteiger partial charge in [-0.15, -0.1) is 6.58 Å². The number of ether oxygens (including phenoxy) is 1. The summed E-state index contributed by atoms with van der Waals surface area (Å²) in [5, 5.41) is 9.27.